The number of fused-ring (bicyclic) bond motifs is 3. The first-order valence-electron chi connectivity index (χ1n) is 12.6. The van der Waals surface area contributed by atoms with Crippen LogP contribution in [-0.4, -0.2) is 66.2 Å². The van der Waals surface area contributed by atoms with Crippen LogP contribution >= 0.6 is 11.6 Å². The van der Waals surface area contributed by atoms with E-state index in [0.29, 0.717) is 36.6 Å². The molecule has 3 heterocycles. The Morgan fingerprint density at radius 2 is 1.87 bits per heavy atom. The lowest BCUT2D eigenvalue weighted by atomic mass is 9.70. The van der Waals surface area contributed by atoms with E-state index in [2.05, 4.69) is 16.0 Å². The summed E-state index contributed by atoms with van der Waals surface area (Å²) in [5.74, 6) is -0.498. The van der Waals surface area contributed by atoms with Gasteiger partial charge in [0.15, 0.2) is 11.2 Å². The second-order valence-corrected chi connectivity index (χ2v) is 10.4. The van der Waals surface area contributed by atoms with E-state index in [1.54, 1.807) is 30.3 Å². The van der Waals surface area contributed by atoms with Crippen molar-refractivity contribution in [3.8, 4) is 17.7 Å². The van der Waals surface area contributed by atoms with Gasteiger partial charge in [0.2, 0.25) is 5.88 Å². The van der Waals surface area contributed by atoms with Gasteiger partial charge in [0, 0.05) is 37.5 Å². The van der Waals surface area contributed by atoms with Crippen LogP contribution in [0, 0.1) is 17.2 Å². The fraction of sp³-hybridized carbons (Fsp3) is 0.379. The number of methoxy groups -OCH3 is 1. The van der Waals surface area contributed by atoms with Crippen molar-refractivity contribution in [3.63, 3.8) is 0 Å². The van der Waals surface area contributed by atoms with Crippen LogP contribution in [0.1, 0.15) is 28.2 Å². The Morgan fingerprint density at radius 1 is 1.16 bits per heavy atom. The number of ether oxygens (including phenoxy) is 3. The molecule has 8 nitrogen and oxygen atoms in total. The Labute approximate surface area is 226 Å². The average molecular weight is 534 g/mol. The Kier molecular flexibility index (Phi) is 6.29. The zero-order valence-electron chi connectivity index (χ0n) is 20.9. The summed E-state index contributed by atoms with van der Waals surface area (Å²) in [7, 11) is 1.45. The molecule has 9 heteroatoms. The maximum absolute atomic E-state index is 12.9. The Hall–Kier alpha value is -3.19. The SMILES string of the molecule is COc1nc(Cl)cc2c1[C@]1(O)[C@H](O)[C@H](CN3CCOCC3)[C@@H](c3ccccc3)[C@]1(c1ccc(C#N)cc1)O2. The number of hydrogen-bond donors (Lipinski definition) is 2. The third kappa shape index (κ3) is 3.54. The third-order valence-electron chi connectivity index (χ3n) is 8.20. The molecule has 0 amide bonds. The zero-order chi connectivity index (χ0) is 26.5. The normalized spacial score (nSPS) is 30.2. The van der Waals surface area contributed by atoms with Crippen LogP contribution in [0.4, 0.5) is 0 Å². The number of aromatic nitrogens is 1. The van der Waals surface area contributed by atoms with Crippen molar-refractivity contribution in [1.29, 1.82) is 5.26 Å². The summed E-state index contributed by atoms with van der Waals surface area (Å²) in [6, 6.07) is 20.5. The molecule has 2 aromatic carbocycles. The third-order valence-corrected chi connectivity index (χ3v) is 8.40. The van der Waals surface area contributed by atoms with Gasteiger partial charge in [-0.3, -0.25) is 4.90 Å². The first-order chi connectivity index (χ1) is 18.4. The molecule has 6 rings (SSSR count). The van der Waals surface area contributed by atoms with Gasteiger partial charge in [-0.15, -0.1) is 0 Å². The van der Waals surface area contributed by atoms with Gasteiger partial charge in [-0.1, -0.05) is 54.1 Å². The summed E-state index contributed by atoms with van der Waals surface area (Å²) in [6.07, 6.45) is -1.25. The number of aliphatic hydroxyl groups excluding tert-OH is 1. The molecule has 0 unspecified atom stereocenters. The second-order valence-electron chi connectivity index (χ2n) is 10.0. The van der Waals surface area contributed by atoms with Gasteiger partial charge in [0.25, 0.3) is 0 Å². The van der Waals surface area contributed by atoms with Crippen LogP contribution in [0.3, 0.4) is 0 Å². The molecule has 3 aromatic rings. The van der Waals surface area contributed by atoms with Crippen molar-refractivity contribution in [2.24, 2.45) is 5.92 Å². The molecule has 1 saturated heterocycles. The highest BCUT2D eigenvalue weighted by atomic mass is 35.5. The standard InChI is InChI=1S/C29H28ClN3O5/c1-36-27-25-22(15-23(30)32-27)38-29(20-9-7-18(16-31)8-10-20)24(19-5-3-2-4-6-19)21(26(34)28(25,29)35)17-33-11-13-37-14-12-33/h2-10,15,21,24,26,34-35H,11-14,17H2,1H3/t21-,24-,26-,28+,29+/m1/s1. The molecule has 2 fully saturated rings. The van der Waals surface area contributed by atoms with E-state index in [-0.39, 0.29) is 16.6 Å². The van der Waals surface area contributed by atoms with Gasteiger partial charge in [-0.05, 0) is 23.3 Å². The van der Waals surface area contributed by atoms with Crippen molar-refractivity contribution in [2.75, 3.05) is 40.0 Å². The Balaban J connectivity index is 1.62. The fourth-order valence-electron chi connectivity index (χ4n) is 6.63. The predicted molar refractivity (Wildman–Crippen MR) is 139 cm³/mol. The minimum Gasteiger partial charge on any atom is -0.481 e. The minimum atomic E-state index is -1.93. The maximum Gasteiger partial charge on any atom is 0.224 e. The number of benzene rings is 2. The molecule has 1 aliphatic carbocycles. The Bertz CT molecular complexity index is 1380. The van der Waals surface area contributed by atoms with E-state index < -0.39 is 29.1 Å². The van der Waals surface area contributed by atoms with Gasteiger partial charge in [-0.2, -0.15) is 5.26 Å². The molecule has 196 valence electrons. The van der Waals surface area contributed by atoms with Crippen LogP contribution < -0.4 is 9.47 Å². The lowest BCUT2D eigenvalue weighted by Crippen LogP contribution is -2.52. The summed E-state index contributed by atoms with van der Waals surface area (Å²) >= 11 is 6.32. The van der Waals surface area contributed by atoms with Crippen LogP contribution in [0.15, 0.2) is 60.7 Å². The van der Waals surface area contributed by atoms with Crippen molar-refractivity contribution in [3.05, 3.63) is 88.1 Å². The molecule has 2 N–H and O–H groups in total. The average Bonchev–Trinajstić information content (AvgIpc) is 3.31. The van der Waals surface area contributed by atoms with E-state index in [4.69, 9.17) is 25.8 Å². The summed E-state index contributed by atoms with van der Waals surface area (Å²) in [5.41, 5.74) is -1.10. The molecule has 0 spiro atoms. The van der Waals surface area contributed by atoms with Crippen LogP contribution in [0.2, 0.25) is 5.15 Å². The van der Waals surface area contributed by atoms with Crippen molar-refractivity contribution < 1.29 is 24.4 Å². The number of aliphatic hydroxyl groups is 2. The topological polar surface area (TPSA) is 108 Å². The number of rotatable bonds is 5. The van der Waals surface area contributed by atoms with E-state index >= 15 is 0 Å². The van der Waals surface area contributed by atoms with Gasteiger partial charge >= 0.3 is 0 Å². The van der Waals surface area contributed by atoms with Gasteiger partial charge in [-0.25, -0.2) is 4.98 Å². The molecule has 1 saturated carbocycles. The summed E-state index contributed by atoms with van der Waals surface area (Å²) in [6.45, 7) is 3.20. The van der Waals surface area contributed by atoms with E-state index in [0.717, 1.165) is 18.7 Å². The number of nitrogens with zero attached hydrogens (tertiary/aromatic N) is 3. The van der Waals surface area contributed by atoms with Crippen LogP contribution in [0.25, 0.3) is 0 Å². The number of hydrogen-bond acceptors (Lipinski definition) is 8. The van der Waals surface area contributed by atoms with Crippen molar-refractivity contribution in [2.45, 2.75) is 23.2 Å². The number of morpholine rings is 1. The molecule has 38 heavy (non-hydrogen) atoms. The molecule has 2 aliphatic heterocycles. The molecule has 3 aliphatic rings. The molecular weight excluding hydrogens is 506 g/mol. The first kappa shape index (κ1) is 25.1. The smallest absolute Gasteiger partial charge is 0.224 e. The van der Waals surface area contributed by atoms with Crippen molar-refractivity contribution >= 4 is 11.6 Å². The first-order valence-corrected chi connectivity index (χ1v) is 13.0. The lowest BCUT2D eigenvalue weighted by molar-refractivity contribution is -0.152. The summed E-state index contributed by atoms with van der Waals surface area (Å²) < 4.78 is 18.0. The number of nitriles is 1. The summed E-state index contributed by atoms with van der Waals surface area (Å²) in [5, 5.41) is 34.6. The molecule has 0 radical (unpaired) electrons. The second kappa shape index (κ2) is 9.53. The molecule has 0 bridgehead atoms. The van der Waals surface area contributed by atoms with Gasteiger partial charge < -0.3 is 24.4 Å². The highest BCUT2D eigenvalue weighted by molar-refractivity contribution is 6.29. The minimum absolute atomic E-state index is 0.100. The summed E-state index contributed by atoms with van der Waals surface area (Å²) in [4.78, 5) is 6.57. The fourth-order valence-corrected chi connectivity index (χ4v) is 6.80. The number of halogens is 1. The lowest BCUT2D eigenvalue weighted by Gasteiger charge is -2.41. The van der Waals surface area contributed by atoms with E-state index in [9.17, 15) is 15.5 Å². The Morgan fingerprint density at radius 3 is 2.53 bits per heavy atom. The molecular formula is C29H28ClN3O5. The molecule has 5 atom stereocenters. The molecule has 1 aromatic heterocycles. The predicted octanol–water partition coefficient (Wildman–Crippen LogP) is 3.20. The van der Waals surface area contributed by atoms with Gasteiger partial charge in [0.05, 0.1) is 43.6 Å². The van der Waals surface area contributed by atoms with E-state index in [1.807, 2.05) is 30.3 Å². The highest BCUT2D eigenvalue weighted by Gasteiger charge is 2.77. The largest absolute Gasteiger partial charge is 0.481 e. The van der Waals surface area contributed by atoms with E-state index in [1.165, 1.54) is 7.11 Å². The van der Waals surface area contributed by atoms with Crippen LogP contribution in [0.5, 0.6) is 11.6 Å². The van der Waals surface area contributed by atoms with Crippen LogP contribution in [-0.2, 0) is 15.9 Å². The zero-order valence-corrected chi connectivity index (χ0v) is 21.6. The monoisotopic (exact) mass is 533 g/mol. The number of pyridine rings is 1. The maximum atomic E-state index is 12.9. The highest BCUT2D eigenvalue weighted by Crippen LogP contribution is 2.69. The van der Waals surface area contributed by atoms with Crippen molar-refractivity contribution in [1.82, 2.24) is 9.88 Å². The van der Waals surface area contributed by atoms with Gasteiger partial charge in [0.1, 0.15) is 10.9 Å². The quantitative estimate of drug-likeness (QED) is 0.481.